The van der Waals surface area contributed by atoms with Crippen LogP contribution in [0.5, 0.6) is 0 Å². The maximum atomic E-state index is 12.8. The number of hydrogen-bond acceptors (Lipinski definition) is 6. The largest absolute Gasteiger partial charge is 0.374 e. The number of anilines is 1. The molecule has 0 aliphatic carbocycles. The van der Waals surface area contributed by atoms with E-state index in [0.717, 1.165) is 5.56 Å². The number of halogens is 1. The Balaban J connectivity index is 1.75. The molecule has 1 heterocycles. The van der Waals surface area contributed by atoms with Crippen LogP contribution in [0.3, 0.4) is 0 Å². The maximum absolute atomic E-state index is 12.8. The first-order chi connectivity index (χ1) is 10.0. The number of aromatic nitrogens is 2. The molecule has 0 unspecified atom stereocenters. The monoisotopic (exact) mass is 309 g/mol. The molecule has 112 valence electrons. The first-order valence-electron chi connectivity index (χ1n) is 6.30. The Kier molecular flexibility index (Phi) is 5.18. The van der Waals surface area contributed by atoms with Crippen LogP contribution < -0.4 is 11.1 Å². The molecule has 8 heteroatoms. The van der Waals surface area contributed by atoms with Crippen LogP contribution >= 0.6 is 11.3 Å². The van der Waals surface area contributed by atoms with Crippen molar-refractivity contribution in [1.29, 1.82) is 0 Å². The first-order valence-corrected chi connectivity index (χ1v) is 7.12. The van der Waals surface area contributed by atoms with Crippen LogP contribution in [0.1, 0.15) is 10.6 Å². The highest BCUT2D eigenvalue weighted by Gasteiger charge is 2.08. The molecule has 0 saturated heterocycles. The molecule has 0 radical (unpaired) electrons. The normalized spacial score (nSPS) is 10.8. The van der Waals surface area contributed by atoms with Gasteiger partial charge in [0, 0.05) is 6.54 Å². The van der Waals surface area contributed by atoms with Gasteiger partial charge >= 0.3 is 0 Å². The van der Waals surface area contributed by atoms with E-state index in [2.05, 4.69) is 15.5 Å². The fourth-order valence-electron chi connectivity index (χ4n) is 1.77. The number of nitrogen functional groups attached to an aromatic ring is 1. The predicted molar refractivity (Wildman–Crippen MR) is 78.9 cm³/mol. The summed E-state index contributed by atoms with van der Waals surface area (Å²) in [4.78, 5) is 13.6. The van der Waals surface area contributed by atoms with Crippen molar-refractivity contribution < 1.29 is 9.18 Å². The Morgan fingerprint density at radius 2 is 2.10 bits per heavy atom. The lowest BCUT2D eigenvalue weighted by Crippen LogP contribution is -2.34. The minimum absolute atomic E-state index is 0.117. The molecule has 0 aliphatic rings. The summed E-state index contributed by atoms with van der Waals surface area (Å²) in [5.74, 6) is -0.385. The fraction of sp³-hybridized carbons (Fsp3) is 0.308. The molecule has 0 spiro atoms. The van der Waals surface area contributed by atoms with Gasteiger partial charge in [0.15, 0.2) is 0 Å². The van der Waals surface area contributed by atoms with Gasteiger partial charge in [0.2, 0.25) is 11.0 Å². The van der Waals surface area contributed by atoms with Gasteiger partial charge in [0.25, 0.3) is 0 Å². The average Bonchev–Trinajstić information content (AvgIpc) is 2.85. The number of carbonyl (C=O) groups excluding carboxylic acids is 1. The second-order valence-electron chi connectivity index (χ2n) is 4.61. The number of benzene rings is 1. The van der Waals surface area contributed by atoms with E-state index >= 15 is 0 Å². The molecule has 1 amide bonds. The van der Waals surface area contributed by atoms with E-state index in [9.17, 15) is 9.18 Å². The molecule has 21 heavy (non-hydrogen) atoms. The number of nitrogens with two attached hydrogens (primary N) is 1. The van der Waals surface area contributed by atoms with Gasteiger partial charge in [-0.1, -0.05) is 23.5 Å². The molecule has 1 aromatic heterocycles. The average molecular weight is 309 g/mol. The van der Waals surface area contributed by atoms with Crippen molar-refractivity contribution in [2.45, 2.75) is 13.1 Å². The van der Waals surface area contributed by atoms with Crippen LogP contribution in [-0.2, 0) is 17.9 Å². The molecule has 0 atom stereocenters. The zero-order chi connectivity index (χ0) is 15.2. The van der Waals surface area contributed by atoms with Gasteiger partial charge in [-0.05, 0) is 24.7 Å². The van der Waals surface area contributed by atoms with Crippen molar-refractivity contribution in [3.05, 3.63) is 40.7 Å². The van der Waals surface area contributed by atoms with Crippen LogP contribution in [0.4, 0.5) is 9.52 Å². The number of rotatable bonds is 6. The molecule has 0 fully saturated rings. The summed E-state index contributed by atoms with van der Waals surface area (Å²) >= 11 is 1.24. The molecular formula is C13H16FN5OS. The van der Waals surface area contributed by atoms with Gasteiger partial charge in [-0.2, -0.15) is 0 Å². The van der Waals surface area contributed by atoms with Crippen molar-refractivity contribution in [3.8, 4) is 0 Å². The summed E-state index contributed by atoms with van der Waals surface area (Å²) in [7, 11) is 1.83. The summed E-state index contributed by atoms with van der Waals surface area (Å²) in [6, 6.07) is 6.22. The van der Waals surface area contributed by atoms with E-state index in [4.69, 9.17) is 5.73 Å². The van der Waals surface area contributed by atoms with Crippen molar-refractivity contribution in [2.75, 3.05) is 19.3 Å². The highest BCUT2D eigenvalue weighted by Crippen LogP contribution is 2.10. The van der Waals surface area contributed by atoms with E-state index in [-0.39, 0.29) is 18.3 Å². The number of nitrogens with one attached hydrogen (secondary N) is 1. The van der Waals surface area contributed by atoms with E-state index in [1.54, 1.807) is 12.1 Å². The maximum Gasteiger partial charge on any atom is 0.234 e. The van der Waals surface area contributed by atoms with Crippen molar-refractivity contribution in [1.82, 2.24) is 20.4 Å². The van der Waals surface area contributed by atoms with E-state index in [0.29, 0.717) is 23.2 Å². The molecule has 0 bridgehead atoms. The topological polar surface area (TPSA) is 84.1 Å². The molecule has 1 aromatic carbocycles. The van der Waals surface area contributed by atoms with Crippen molar-refractivity contribution in [2.24, 2.45) is 0 Å². The number of hydrogen-bond donors (Lipinski definition) is 2. The SMILES string of the molecule is CN(CC(=O)NCc1nnc(N)s1)Cc1ccc(F)cc1. The summed E-state index contributed by atoms with van der Waals surface area (Å²) in [6.07, 6.45) is 0. The van der Waals surface area contributed by atoms with Crippen LogP contribution in [-0.4, -0.2) is 34.6 Å². The van der Waals surface area contributed by atoms with Gasteiger partial charge < -0.3 is 11.1 Å². The number of nitrogens with zero attached hydrogens (tertiary/aromatic N) is 3. The van der Waals surface area contributed by atoms with Gasteiger partial charge in [0.1, 0.15) is 10.8 Å². The van der Waals surface area contributed by atoms with Crippen LogP contribution in [0.25, 0.3) is 0 Å². The lowest BCUT2D eigenvalue weighted by molar-refractivity contribution is -0.122. The van der Waals surface area contributed by atoms with Crippen molar-refractivity contribution in [3.63, 3.8) is 0 Å². The minimum Gasteiger partial charge on any atom is -0.374 e. The third-order valence-corrected chi connectivity index (χ3v) is 3.45. The van der Waals surface area contributed by atoms with E-state index in [1.807, 2.05) is 11.9 Å². The van der Waals surface area contributed by atoms with Gasteiger partial charge in [0.05, 0.1) is 13.1 Å². The van der Waals surface area contributed by atoms with Crippen LogP contribution in [0, 0.1) is 5.82 Å². The van der Waals surface area contributed by atoms with E-state index < -0.39 is 0 Å². The Morgan fingerprint density at radius 3 is 2.71 bits per heavy atom. The second kappa shape index (κ2) is 7.09. The smallest absolute Gasteiger partial charge is 0.234 e. The molecular weight excluding hydrogens is 293 g/mol. The Hall–Kier alpha value is -2.06. The Bertz CT molecular complexity index is 601. The predicted octanol–water partition coefficient (Wildman–Crippen LogP) is 1.01. The third kappa shape index (κ3) is 5.09. The van der Waals surface area contributed by atoms with Crippen LogP contribution in [0.15, 0.2) is 24.3 Å². The molecule has 2 aromatic rings. The lowest BCUT2D eigenvalue weighted by Gasteiger charge is -2.16. The highest BCUT2D eigenvalue weighted by atomic mass is 32.1. The third-order valence-electron chi connectivity index (χ3n) is 2.70. The van der Waals surface area contributed by atoms with Gasteiger partial charge in [-0.3, -0.25) is 9.69 Å². The Morgan fingerprint density at radius 1 is 1.38 bits per heavy atom. The van der Waals surface area contributed by atoms with Gasteiger partial charge in [-0.25, -0.2) is 4.39 Å². The summed E-state index contributed by atoms with van der Waals surface area (Å²) in [6.45, 7) is 1.13. The second-order valence-corrected chi connectivity index (χ2v) is 5.70. The first kappa shape index (κ1) is 15.3. The summed E-state index contributed by atoms with van der Waals surface area (Å²) in [5.41, 5.74) is 6.41. The summed E-state index contributed by atoms with van der Waals surface area (Å²) in [5, 5.41) is 11.3. The fourth-order valence-corrected chi connectivity index (χ4v) is 2.32. The zero-order valence-corrected chi connectivity index (χ0v) is 12.4. The molecule has 6 nitrogen and oxygen atoms in total. The zero-order valence-electron chi connectivity index (χ0n) is 11.5. The summed E-state index contributed by atoms with van der Waals surface area (Å²) < 4.78 is 12.8. The highest BCUT2D eigenvalue weighted by molar-refractivity contribution is 7.15. The molecule has 3 N–H and O–H groups in total. The standard InChI is InChI=1S/C13H16FN5OS/c1-19(7-9-2-4-10(14)5-3-9)8-11(20)16-6-12-17-18-13(15)21-12/h2-5H,6-8H2,1H3,(H2,15,18)(H,16,20). The van der Waals surface area contributed by atoms with Crippen molar-refractivity contribution >= 4 is 22.4 Å². The quantitative estimate of drug-likeness (QED) is 0.832. The van der Waals surface area contributed by atoms with E-state index in [1.165, 1.54) is 23.5 Å². The van der Waals surface area contributed by atoms with Gasteiger partial charge in [-0.15, -0.1) is 10.2 Å². The molecule has 0 aliphatic heterocycles. The minimum atomic E-state index is -0.268. The molecule has 2 rings (SSSR count). The lowest BCUT2D eigenvalue weighted by atomic mass is 10.2. The van der Waals surface area contributed by atoms with Crippen LogP contribution in [0.2, 0.25) is 0 Å². The number of likely N-dealkylation sites (N-methyl/N-ethyl adjacent to an activating group) is 1. The number of amides is 1. The Labute approximate surface area is 125 Å². The number of carbonyl (C=O) groups is 1. The molecule has 0 saturated carbocycles.